The molecule has 0 radical (unpaired) electrons. The average Bonchev–Trinajstić information content (AvgIpc) is 1.78. The van der Waals surface area contributed by atoms with Crippen LogP contribution in [0.1, 0.15) is 6.42 Å². The van der Waals surface area contributed by atoms with Crippen LogP contribution in [0.4, 0.5) is 0 Å². The molecule has 0 heterocycles. The monoisotopic (exact) mass is 207 g/mol. The van der Waals surface area contributed by atoms with Crippen LogP contribution in [-0.4, -0.2) is 28.2 Å². The van der Waals surface area contributed by atoms with Crippen LogP contribution in [0.15, 0.2) is 0 Å². The third-order valence-corrected chi connectivity index (χ3v) is 7.28. The van der Waals surface area contributed by atoms with E-state index >= 15 is 0 Å². The van der Waals surface area contributed by atoms with Gasteiger partial charge in [-0.1, -0.05) is 0 Å². The summed E-state index contributed by atoms with van der Waals surface area (Å²) in [7, 11) is -3.95. The number of rotatable bonds is 5. The molecule has 0 aliphatic heterocycles. The van der Waals surface area contributed by atoms with E-state index < -0.39 is 16.9 Å². The van der Waals surface area contributed by atoms with Crippen LogP contribution in [0.5, 0.6) is 0 Å². The molecule has 0 fully saturated rings. The second kappa shape index (κ2) is 4.52. The second-order valence-electron chi connectivity index (χ2n) is 4.20. The van der Waals surface area contributed by atoms with Crippen molar-refractivity contribution in [2.45, 2.75) is 38.7 Å². The molecule has 0 aromatic rings. The van der Waals surface area contributed by atoms with E-state index in [1.54, 1.807) is 0 Å². The number of hydrogen-bond donors (Lipinski definition) is 2. The van der Waals surface area contributed by atoms with Gasteiger partial charge in [0.25, 0.3) is 0 Å². The van der Waals surface area contributed by atoms with Gasteiger partial charge in [-0.05, 0) is 45.2 Å². The van der Waals surface area contributed by atoms with E-state index in [9.17, 15) is 4.80 Å². The Morgan fingerprint density at radius 3 is 2.08 bits per heavy atom. The normalized spacial score (nSPS) is 13.5. The summed E-state index contributed by atoms with van der Waals surface area (Å²) in [6.07, 6.45) is 1.00. The molecule has 0 saturated heterocycles. The molecular weight excluding hydrogens is 186 g/mol. The molecular formula is C7H21NO2Si2. The van der Waals surface area contributed by atoms with Crippen molar-refractivity contribution in [1.29, 1.82) is 0 Å². The molecule has 0 aromatic carbocycles. The van der Waals surface area contributed by atoms with Crippen LogP contribution >= 0.6 is 0 Å². The molecule has 0 bridgehead atoms. The maximum absolute atomic E-state index is 9.57. The van der Waals surface area contributed by atoms with Crippen molar-refractivity contribution >= 4 is 16.9 Å². The third kappa shape index (κ3) is 6.99. The Balaban J connectivity index is 3.86. The molecule has 0 aliphatic rings. The van der Waals surface area contributed by atoms with Gasteiger partial charge >= 0.3 is 8.56 Å². The zero-order chi connectivity index (χ0) is 9.83. The fourth-order valence-corrected chi connectivity index (χ4v) is 8.13. The molecule has 0 unspecified atom stereocenters. The van der Waals surface area contributed by atoms with Crippen molar-refractivity contribution in [3.05, 3.63) is 0 Å². The van der Waals surface area contributed by atoms with Crippen LogP contribution < -0.4 is 5.73 Å². The van der Waals surface area contributed by atoms with Gasteiger partial charge in [-0.15, -0.1) is 0 Å². The standard InChI is InChI=1S/C7H21NO2Si2/c1-11(2,7-5-6-8)10-12(3,4)9/h9H,5-8H2,1-4H3. The Hall–Kier alpha value is 0.314. The highest BCUT2D eigenvalue weighted by atomic mass is 28.4. The Labute approximate surface area is 77.3 Å². The lowest BCUT2D eigenvalue weighted by Crippen LogP contribution is -2.44. The predicted molar refractivity (Wildman–Crippen MR) is 56.7 cm³/mol. The Kier molecular flexibility index (Phi) is 4.64. The highest BCUT2D eigenvalue weighted by molar-refractivity contribution is 6.81. The van der Waals surface area contributed by atoms with Crippen molar-refractivity contribution in [1.82, 2.24) is 0 Å². The average molecular weight is 207 g/mol. The van der Waals surface area contributed by atoms with Gasteiger partial charge in [0.05, 0.1) is 0 Å². The lowest BCUT2D eigenvalue weighted by Gasteiger charge is -2.29. The Morgan fingerprint density at radius 1 is 1.25 bits per heavy atom. The van der Waals surface area contributed by atoms with Gasteiger partial charge in [-0.2, -0.15) is 0 Å². The first-order valence-electron chi connectivity index (χ1n) is 4.39. The molecule has 0 amide bonds. The van der Waals surface area contributed by atoms with Gasteiger partial charge in [0.2, 0.25) is 0 Å². The summed E-state index contributed by atoms with van der Waals surface area (Å²) < 4.78 is 5.70. The minimum atomic E-state index is -2.32. The molecule has 12 heavy (non-hydrogen) atoms. The first kappa shape index (κ1) is 12.3. The van der Waals surface area contributed by atoms with Crippen LogP contribution in [0.2, 0.25) is 32.2 Å². The summed E-state index contributed by atoms with van der Waals surface area (Å²) in [5.41, 5.74) is 5.41. The van der Waals surface area contributed by atoms with Gasteiger partial charge in [-0.3, -0.25) is 0 Å². The van der Waals surface area contributed by atoms with Gasteiger partial charge in [0.1, 0.15) is 0 Å². The first-order valence-corrected chi connectivity index (χ1v) is 10.4. The summed E-state index contributed by atoms with van der Waals surface area (Å²) >= 11 is 0. The zero-order valence-corrected chi connectivity index (χ0v) is 10.6. The minimum Gasteiger partial charge on any atom is -0.436 e. The first-order chi connectivity index (χ1) is 5.27. The van der Waals surface area contributed by atoms with Crippen molar-refractivity contribution in [3.63, 3.8) is 0 Å². The molecule has 3 N–H and O–H groups in total. The van der Waals surface area contributed by atoms with Crippen LogP contribution in [0.25, 0.3) is 0 Å². The SMILES string of the molecule is C[Si](C)(O)O[Si](C)(C)CCCN. The van der Waals surface area contributed by atoms with Gasteiger partial charge in [0, 0.05) is 0 Å². The molecule has 0 spiro atoms. The number of hydrogen-bond acceptors (Lipinski definition) is 3. The van der Waals surface area contributed by atoms with Gasteiger partial charge in [-0.25, -0.2) is 0 Å². The molecule has 0 rings (SSSR count). The predicted octanol–water partition coefficient (Wildman–Crippen LogP) is 1.25. The van der Waals surface area contributed by atoms with Crippen LogP contribution in [-0.2, 0) is 4.12 Å². The van der Waals surface area contributed by atoms with E-state index in [4.69, 9.17) is 9.85 Å². The van der Waals surface area contributed by atoms with Crippen molar-refractivity contribution in [2.75, 3.05) is 6.54 Å². The van der Waals surface area contributed by atoms with E-state index in [-0.39, 0.29) is 0 Å². The molecule has 0 aliphatic carbocycles. The maximum atomic E-state index is 9.57. The van der Waals surface area contributed by atoms with Gasteiger partial charge < -0.3 is 14.6 Å². The topological polar surface area (TPSA) is 55.5 Å². The van der Waals surface area contributed by atoms with E-state index in [0.717, 1.165) is 12.5 Å². The summed E-state index contributed by atoms with van der Waals surface area (Å²) in [4.78, 5) is 9.57. The molecule has 0 atom stereocenters. The quantitative estimate of drug-likeness (QED) is 0.667. The van der Waals surface area contributed by atoms with Crippen molar-refractivity contribution in [2.24, 2.45) is 5.73 Å². The fourth-order valence-electron chi connectivity index (χ4n) is 1.25. The molecule has 74 valence electrons. The smallest absolute Gasteiger partial charge is 0.318 e. The van der Waals surface area contributed by atoms with Crippen LogP contribution in [0.3, 0.4) is 0 Å². The van der Waals surface area contributed by atoms with E-state index in [2.05, 4.69) is 13.1 Å². The van der Waals surface area contributed by atoms with E-state index in [0.29, 0.717) is 6.54 Å². The van der Waals surface area contributed by atoms with Crippen molar-refractivity contribution < 1.29 is 8.91 Å². The minimum absolute atomic E-state index is 0.715. The lowest BCUT2D eigenvalue weighted by atomic mass is 10.5. The molecule has 5 heteroatoms. The third-order valence-electron chi connectivity index (χ3n) is 1.51. The highest BCUT2D eigenvalue weighted by Crippen LogP contribution is 2.17. The van der Waals surface area contributed by atoms with E-state index in [1.807, 2.05) is 13.1 Å². The largest absolute Gasteiger partial charge is 0.436 e. The van der Waals surface area contributed by atoms with E-state index in [1.165, 1.54) is 0 Å². The maximum Gasteiger partial charge on any atom is 0.318 e. The Bertz CT molecular complexity index is 134. The number of nitrogens with two attached hydrogens (primary N) is 1. The summed E-state index contributed by atoms with van der Waals surface area (Å²) in [6.45, 7) is 8.60. The Morgan fingerprint density at radius 2 is 1.75 bits per heavy atom. The summed E-state index contributed by atoms with van der Waals surface area (Å²) in [6, 6.07) is 1.04. The molecule has 3 nitrogen and oxygen atoms in total. The van der Waals surface area contributed by atoms with Gasteiger partial charge in [0.15, 0.2) is 8.32 Å². The summed E-state index contributed by atoms with van der Waals surface area (Å²) in [5.74, 6) is 0. The van der Waals surface area contributed by atoms with Crippen molar-refractivity contribution in [3.8, 4) is 0 Å². The second-order valence-corrected chi connectivity index (χ2v) is 11.9. The molecule has 0 saturated carbocycles. The molecule has 0 aromatic heterocycles. The van der Waals surface area contributed by atoms with Crippen LogP contribution in [0, 0.1) is 0 Å². The summed E-state index contributed by atoms with van der Waals surface area (Å²) in [5, 5.41) is 0. The fraction of sp³-hybridized carbons (Fsp3) is 1.00. The lowest BCUT2D eigenvalue weighted by molar-refractivity contribution is 0.384. The zero-order valence-electron chi connectivity index (χ0n) is 8.55. The highest BCUT2D eigenvalue weighted by Gasteiger charge is 2.31.